The van der Waals surface area contributed by atoms with Gasteiger partial charge in [-0.15, -0.1) is 0 Å². The Morgan fingerprint density at radius 2 is 1.87 bits per heavy atom. The van der Waals surface area contributed by atoms with Crippen molar-refractivity contribution in [3.05, 3.63) is 35.4 Å². The summed E-state index contributed by atoms with van der Waals surface area (Å²) in [4.78, 5) is 48.4. The van der Waals surface area contributed by atoms with Crippen molar-refractivity contribution in [2.45, 2.75) is 19.8 Å². The van der Waals surface area contributed by atoms with E-state index >= 15 is 0 Å². The van der Waals surface area contributed by atoms with Gasteiger partial charge in [-0.25, -0.2) is 0 Å². The van der Waals surface area contributed by atoms with Gasteiger partial charge in [-0.05, 0) is 18.6 Å². The van der Waals surface area contributed by atoms with Crippen LogP contribution in [-0.4, -0.2) is 48.2 Å². The van der Waals surface area contributed by atoms with Crippen LogP contribution in [0.3, 0.4) is 0 Å². The number of likely N-dealkylation sites (N-methyl/N-ethyl adjacent to an activating group) is 1. The minimum atomic E-state index is -0.381. The lowest BCUT2D eigenvalue weighted by molar-refractivity contribution is -0.130. The van der Waals surface area contributed by atoms with Crippen molar-refractivity contribution in [1.29, 1.82) is 0 Å². The van der Waals surface area contributed by atoms with Gasteiger partial charge in [0.2, 0.25) is 17.7 Å². The van der Waals surface area contributed by atoms with Crippen molar-refractivity contribution in [3.63, 3.8) is 0 Å². The van der Waals surface area contributed by atoms with Gasteiger partial charge in [-0.2, -0.15) is 0 Å². The number of hydrogen-bond acceptors (Lipinski definition) is 4. The van der Waals surface area contributed by atoms with Crippen LogP contribution in [0.2, 0.25) is 0 Å². The quantitative estimate of drug-likeness (QED) is 0.714. The van der Waals surface area contributed by atoms with Gasteiger partial charge in [0, 0.05) is 25.1 Å². The van der Waals surface area contributed by atoms with Crippen molar-refractivity contribution in [1.82, 2.24) is 15.5 Å². The minimum absolute atomic E-state index is 0.00717. The Labute approximate surface area is 134 Å². The molecule has 1 heterocycles. The minimum Gasteiger partial charge on any atom is -0.355 e. The third kappa shape index (κ3) is 4.15. The van der Waals surface area contributed by atoms with Crippen molar-refractivity contribution in [3.8, 4) is 0 Å². The first kappa shape index (κ1) is 16.7. The highest BCUT2D eigenvalue weighted by molar-refractivity contribution is 6.09. The Morgan fingerprint density at radius 3 is 2.61 bits per heavy atom. The summed E-state index contributed by atoms with van der Waals surface area (Å²) in [6.45, 7) is 2.17. The van der Waals surface area contributed by atoms with Crippen LogP contribution in [0.4, 0.5) is 0 Å². The van der Waals surface area contributed by atoms with Crippen molar-refractivity contribution >= 4 is 23.6 Å². The molecule has 7 heteroatoms. The molecule has 0 bridgehead atoms. The fraction of sp³-hybridized carbons (Fsp3) is 0.375. The molecule has 2 rings (SSSR count). The molecule has 1 aliphatic heterocycles. The van der Waals surface area contributed by atoms with Gasteiger partial charge in [0.15, 0.2) is 0 Å². The lowest BCUT2D eigenvalue weighted by Gasteiger charge is -2.26. The zero-order valence-corrected chi connectivity index (χ0v) is 12.9. The first-order valence-corrected chi connectivity index (χ1v) is 7.49. The number of fused-ring (bicyclic) bond motifs is 1. The first-order valence-electron chi connectivity index (χ1n) is 7.49. The van der Waals surface area contributed by atoms with Gasteiger partial charge in [0.05, 0.1) is 13.0 Å². The number of nitrogens with one attached hydrogen (secondary N) is 2. The molecule has 0 saturated heterocycles. The lowest BCUT2D eigenvalue weighted by Crippen LogP contribution is -2.44. The van der Waals surface area contributed by atoms with Crippen molar-refractivity contribution in [2.75, 3.05) is 19.6 Å². The molecule has 4 amide bonds. The van der Waals surface area contributed by atoms with E-state index in [-0.39, 0.29) is 49.6 Å². The second kappa shape index (κ2) is 7.53. The molecule has 0 fully saturated rings. The monoisotopic (exact) mass is 317 g/mol. The Balaban J connectivity index is 1.88. The maximum atomic E-state index is 12.3. The van der Waals surface area contributed by atoms with E-state index in [0.717, 1.165) is 4.90 Å². The van der Waals surface area contributed by atoms with Crippen LogP contribution in [-0.2, 0) is 20.8 Å². The largest absolute Gasteiger partial charge is 0.355 e. The normalized spacial score (nSPS) is 13.5. The van der Waals surface area contributed by atoms with E-state index in [1.54, 1.807) is 31.2 Å². The number of carbonyl (C=O) groups excluding carboxylic acids is 4. The summed E-state index contributed by atoms with van der Waals surface area (Å²) >= 11 is 0. The van der Waals surface area contributed by atoms with Gasteiger partial charge >= 0.3 is 0 Å². The molecule has 0 radical (unpaired) electrons. The second-order valence-electron chi connectivity index (χ2n) is 5.16. The number of nitrogens with zero attached hydrogens (tertiary/aromatic N) is 1. The summed E-state index contributed by atoms with van der Waals surface area (Å²) in [5.41, 5.74) is 1.20. The second-order valence-corrected chi connectivity index (χ2v) is 5.16. The summed E-state index contributed by atoms with van der Waals surface area (Å²) in [5.74, 6) is -1.35. The fourth-order valence-corrected chi connectivity index (χ4v) is 2.37. The number of imide groups is 1. The highest BCUT2D eigenvalue weighted by Gasteiger charge is 2.30. The van der Waals surface area contributed by atoms with Gasteiger partial charge in [0.25, 0.3) is 5.91 Å². The molecule has 0 atom stereocenters. The van der Waals surface area contributed by atoms with E-state index in [1.807, 2.05) is 0 Å². The van der Waals surface area contributed by atoms with Crippen LogP contribution in [0.5, 0.6) is 0 Å². The molecule has 1 aromatic rings. The van der Waals surface area contributed by atoms with Gasteiger partial charge in [-0.1, -0.05) is 18.2 Å². The SMILES string of the molecule is CCNC(=O)CNC(=O)CCN1C(=O)Cc2ccccc2C1=O. The maximum absolute atomic E-state index is 12.3. The Hall–Kier alpha value is -2.70. The smallest absolute Gasteiger partial charge is 0.260 e. The molecule has 0 spiro atoms. The lowest BCUT2D eigenvalue weighted by atomic mass is 9.98. The number of hydrogen-bond donors (Lipinski definition) is 2. The van der Waals surface area contributed by atoms with E-state index in [9.17, 15) is 19.2 Å². The molecule has 0 aliphatic carbocycles. The van der Waals surface area contributed by atoms with Crippen LogP contribution in [0, 0.1) is 0 Å². The van der Waals surface area contributed by atoms with Crippen LogP contribution in [0.1, 0.15) is 29.3 Å². The number of amides is 4. The molecule has 1 aromatic carbocycles. The molecule has 122 valence electrons. The molecule has 0 saturated carbocycles. The fourth-order valence-electron chi connectivity index (χ4n) is 2.37. The van der Waals surface area contributed by atoms with Crippen molar-refractivity contribution < 1.29 is 19.2 Å². The standard InChI is InChI=1S/C16H19N3O4/c1-2-17-14(21)10-18-13(20)7-8-19-15(22)9-11-5-3-4-6-12(11)16(19)23/h3-6H,2,7-10H2,1H3,(H,17,21)(H,18,20). The summed E-state index contributed by atoms with van der Waals surface area (Å²) in [5, 5.41) is 5.01. The van der Waals surface area contributed by atoms with E-state index in [2.05, 4.69) is 10.6 Å². The Bertz CT molecular complexity index is 642. The highest BCUT2D eigenvalue weighted by Crippen LogP contribution is 2.19. The predicted molar refractivity (Wildman–Crippen MR) is 82.5 cm³/mol. The van der Waals surface area contributed by atoms with E-state index in [4.69, 9.17) is 0 Å². The molecule has 1 aliphatic rings. The number of carbonyl (C=O) groups is 4. The van der Waals surface area contributed by atoms with Gasteiger partial charge < -0.3 is 10.6 Å². The molecular weight excluding hydrogens is 298 g/mol. The Kier molecular flexibility index (Phi) is 5.46. The average molecular weight is 317 g/mol. The summed E-state index contributed by atoms with van der Waals surface area (Å²) < 4.78 is 0. The Morgan fingerprint density at radius 1 is 1.13 bits per heavy atom. The van der Waals surface area contributed by atoms with Crippen LogP contribution >= 0.6 is 0 Å². The number of benzene rings is 1. The average Bonchev–Trinajstić information content (AvgIpc) is 2.53. The highest BCUT2D eigenvalue weighted by atomic mass is 16.2. The van der Waals surface area contributed by atoms with Gasteiger partial charge in [-0.3, -0.25) is 24.1 Å². The number of rotatable bonds is 6. The molecule has 23 heavy (non-hydrogen) atoms. The van der Waals surface area contributed by atoms with Crippen LogP contribution < -0.4 is 10.6 Å². The third-order valence-electron chi connectivity index (χ3n) is 3.52. The van der Waals surface area contributed by atoms with E-state index in [0.29, 0.717) is 17.7 Å². The zero-order chi connectivity index (χ0) is 16.8. The molecular formula is C16H19N3O4. The van der Waals surface area contributed by atoms with Crippen LogP contribution in [0.15, 0.2) is 24.3 Å². The predicted octanol–water partition coefficient (Wildman–Crippen LogP) is -0.146. The zero-order valence-electron chi connectivity index (χ0n) is 12.9. The van der Waals surface area contributed by atoms with Gasteiger partial charge in [0.1, 0.15) is 0 Å². The molecule has 7 nitrogen and oxygen atoms in total. The topological polar surface area (TPSA) is 95.6 Å². The molecule has 0 unspecified atom stereocenters. The summed E-state index contributed by atoms with van der Waals surface area (Å²) in [6, 6.07) is 6.95. The molecule has 2 N–H and O–H groups in total. The summed E-state index contributed by atoms with van der Waals surface area (Å²) in [7, 11) is 0. The van der Waals surface area contributed by atoms with E-state index in [1.165, 1.54) is 0 Å². The summed E-state index contributed by atoms with van der Waals surface area (Å²) in [6.07, 6.45) is 0.126. The molecule has 0 aromatic heterocycles. The third-order valence-corrected chi connectivity index (χ3v) is 3.52. The van der Waals surface area contributed by atoms with E-state index < -0.39 is 0 Å². The van der Waals surface area contributed by atoms with Crippen LogP contribution in [0.25, 0.3) is 0 Å². The first-order chi connectivity index (χ1) is 11.0. The maximum Gasteiger partial charge on any atom is 0.260 e. The van der Waals surface area contributed by atoms with Crippen molar-refractivity contribution in [2.24, 2.45) is 0 Å².